The molecule has 11 heteroatoms. The van der Waals surface area contributed by atoms with E-state index in [0.29, 0.717) is 39.5 Å². The highest BCUT2D eigenvalue weighted by molar-refractivity contribution is 7.17. The predicted octanol–water partition coefficient (Wildman–Crippen LogP) is 5.84. The zero-order valence-electron chi connectivity index (χ0n) is 20.2. The van der Waals surface area contributed by atoms with Gasteiger partial charge in [-0.1, -0.05) is 11.6 Å². The number of anilines is 1. The second-order valence-electron chi connectivity index (χ2n) is 7.85. The molecule has 3 aromatic rings. The Labute approximate surface area is 217 Å². The first-order valence-corrected chi connectivity index (χ1v) is 12.0. The van der Waals surface area contributed by atoms with Gasteiger partial charge >= 0.3 is 6.03 Å². The molecule has 0 unspecified atom stereocenters. The molecule has 0 spiro atoms. The third kappa shape index (κ3) is 5.22. The Morgan fingerprint density at radius 3 is 2.67 bits per heavy atom. The minimum absolute atomic E-state index is 0.0307. The number of thiophene rings is 1. The molecule has 0 fully saturated rings. The fourth-order valence-corrected chi connectivity index (χ4v) is 5.15. The van der Waals surface area contributed by atoms with Gasteiger partial charge in [-0.2, -0.15) is 5.26 Å². The van der Waals surface area contributed by atoms with Crippen molar-refractivity contribution in [2.24, 2.45) is 12.0 Å². The number of rotatable bonds is 8. The number of aromatic nitrogens is 2. The zero-order valence-corrected chi connectivity index (χ0v) is 21.8. The highest BCUT2D eigenvalue weighted by Crippen LogP contribution is 2.40. The molecular formula is C25H24ClFN6O2S. The Balaban J connectivity index is 2.10. The molecule has 0 saturated carbocycles. The lowest BCUT2D eigenvalue weighted by Gasteiger charge is -2.29. The van der Waals surface area contributed by atoms with Gasteiger partial charge in [0, 0.05) is 31.1 Å². The molecule has 2 amide bonds. The van der Waals surface area contributed by atoms with E-state index in [4.69, 9.17) is 11.6 Å². The SMILES string of the molecule is C=N/C=C(\c1c(C)nc(C)n1C)N(C)C(=O)N(CCC#N)c1cc(-c2ccc(F)cc2Cl)sc1C=O. The number of benzene rings is 1. The van der Waals surface area contributed by atoms with Gasteiger partial charge in [-0.05, 0) is 44.8 Å². The number of halogens is 2. The molecule has 186 valence electrons. The summed E-state index contributed by atoms with van der Waals surface area (Å²) in [6.45, 7) is 7.24. The van der Waals surface area contributed by atoms with E-state index in [2.05, 4.69) is 16.7 Å². The van der Waals surface area contributed by atoms with Crippen LogP contribution in [0.2, 0.25) is 5.02 Å². The maximum absolute atomic E-state index is 13.8. The lowest BCUT2D eigenvalue weighted by molar-refractivity contribution is 0.112. The van der Waals surface area contributed by atoms with Gasteiger partial charge in [-0.15, -0.1) is 11.3 Å². The van der Waals surface area contributed by atoms with Gasteiger partial charge in [-0.3, -0.25) is 19.6 Å². The first-order chi connectivity index (χ1) is 17.1. The van der Waals surface area contributed by atoms with Gasteiger partial charge in [0.25, 0.3) is 0 Å². The molecule has 8 nitrogen and oxygen atoms in total. The molecule has 0 atom stereocenters. The van der Waals surface area contributed by atoms with Gasteiger partial charge in [-0.25, -0.2) is 14.2 Å². The van der Waals surface area contributed by atoms with Crippen LogP contribution >= 0.6 is 22.9 Å². The number of nitriles is 1. The molecule has 36 heavy (non-hydrogen) atoms. The Bertz CT molecular complexity index is 1400. The maximum Gasteiger partial charge on any atom is 0.328 e. The number of carbonyl (C=O) groups excluding carboxylic acids is 2. The van der Waals surface area contributed by atoms with Crippen molar-refractivity contribution in [2.75, 3.05) is 18.5 Å². The summed E-state index contributed by atoms with van der Waals surface area (Å²) in [5.41, 5.74) is 2.67. The van der Waals surface area contributed by atoms with Crippen molar-refractivity contribution < 1.29 is 14.0 Å². The maximum atomic E-state index is 13.8. The Morgan fingerprint density at radius 1 is 1.39 bits per heavy atom. The summed E-state index contributed by atoms with van der Waals surface area (Å²) in [5.74, 6) is 0.265. The van der Waals surface area contributed by atoms with Crippen molar-refractivity contribution in [1.82, 2.24) is 14.5 Å². The smallest absolute Gasteiger partial charge is 0.328 e. The van der Waals surface area contributed by atoms with Gasteiger partial charge in [0.15, 0.2) is 6.29 Å². The summed E-state index contributed by atoms with van der Waals surface area (Å²) in [6.07, 6.45) is 2.13. The van der Waals surface area contributed by atoms with Crippen LogP contribution in [0.5, 0.6) is 0 Å². The van der Waals surface area contributed by atoms with Gasteiger partial charge in [0.2, 0.25) is 0 Å². The van der Waals surface area contributed by atoms with Crippen molar-refractivity contribution in [2.45, 2.75) is 20.3 Å². The monoisotopic (exact) mass is 526 g/mol. The molecule has 0 bridgehead atoms. The van der Waals surface area contributed by atoms with Gasteiger partial charge in [0.05, 0.1) is 51.4 Å². The number of urea groups is 1. The van der Waals surface area contributed by atoms with Crippen molar-refractivity contribution in [1.29, 1.82) is 5.26 Å². The molecule has 2 heterocycles. The average Bonchev–Trinajstić information content (AvgIpc) is 3.37. The van der Waals surface area contributed by atoms with Crippen molar-refractivity contribution in [3.63, 3.8) is 0 Å². The number of amides is 2. The van der Waals surface area contributed by atoms with Crippen molar-refractivity contribution in [3.8, 4) is 16.5 Å². The Morgan fingerprint density at radius 2 is 2.11 bits per heavy atom. The molecule has 0 radical (unpaired) electrons. The normalized spacial score (nSPS) is 11.2. The van der Waals surface area contributed by atoms with Gasteiger partial charge in [0.1, 0.15) is 11.6 Å². The van der Waals surface area contributed by atoms with E-state index < -0.39 is 11.8 Å². The van der Waals surface area contributed by atoms with E-state index in [1.54, 1.807) is 13.1 Å². The number of nitrogens with zero attached hydrogens (tertiary/aromatic N) is 6. The highest BCUT2D eigenvalue weighted by atomic mass is 35.5. The molecule has 0 aliphatic heterocycles. The summed E-state index contributed by atoms with van der Waals surface area (Å²) in [7, 11) is 3.40. The van der Waals surface area contributed by atoms with Gasteiger partial charge < -0.3 is 4.57 Å². The van der Waals surface area contributed by atoms with E-state index in [9.17, 15) is 19.2 Å². The van der Waals surface area contributed by atoms with Crippen LogP contribution in [0.3, 0.4) is 0 Å². The van der Waals surface area contributed by atoms with Crippen LogP contribution in [0.4, 0.5) is 14.9 Å². The molecule has 0 N–H and O–H groups in total. The molecule has 0 aliphatic carbocycles. The van der Waals surface area contributed by atoms with Crippen LogP contribution in [0.15, 0.2) is 35.5 Å². The molecular weight excluding hydrogens is 503 g/mol. The third-order valence-electron chi connectivity index (χ3n) is 5.61. The van der Waals surface area contributed by atoms with E-state index in [-0.39, 0.29) is 22.9 Å². The first-order valence-electron chi connectivity index (χ1n) is 10.8. The number of carbonyl (C=O) groups is 2. The Kier molecular flexibility index (Phi) is 8.40. The third-order valence-corrected chi connectivity index (χ3v) is 7.01. The molecule has 2 aromatic heterocycles. The van der Waals surface area contributed by atoms with Crippen molar-refractivity contribution in [3.05, 3.63) is 63.4 Å². The standard InChI is InChI=1S/C25H24ClFN6O2S/c1-15-24(31(4)16(2)30-15)21(13-29-3)32(5)25(35)33(10-6-9-28)20-12-22(36-23(20)14-34)18-8-7-17(27)11-19(18)26/h7-8,11-14H,3,6,10H2,1-2,4-5H3/b21-13+. The van der Waals surface area contributed by atoms with Crippen molar-refractivity contribution >= 4 is 53.4 Å². The molecule has 3 rings (SSSR count). The number of imidazole rings is 1. The first kappa shape index (κ1) is 26.8. The van der Waals surface area contributed by atoms with E-state index >= 15 is 0 Å². The van der Waals surface area contributed by atoms with Crippen LogP contribution < -0.4 is 4.90 Å². The minimum Gasteiger partial charge on any atom is -0.330 e. The molecule has 0 aliphatic rings. The summed E-state index contributed by atoms with van der Waals surface area (Å²) in [6, 6.07) is 7.16. The average molecular weight is 527 g/mol. The second kappa shape index (κ2) is 11.3. The van der Waals surface area contributed by atoms with Crippen LogP contribution in [-0.2, 0) is 7.05 Å². The zero-order chi connectivity index (χ0) is 26.6. The van der Waals surface area contributed by atoms with Crippen LogP contribution in [0.25, 0.3) is 16.1 Å². The summed E-state index contributed by atoms with van der Waals surface area (Å²) in [5, 5.41) is 9.41. The largest absolute Gasteiger partial charge is 0.330 e. The number of aliphatic imine (C=N–C) groups is 1. The summed E-state index contributed by atoms with van der Waals surface area (Å²) < 4.78 is 15.4. The van der Waals surface area contributed by atoms with E-state index in [1.807, 2.05) is 31.5 Å². The molecule has 0 saturated heterocycles. The number of hydrogen-bond donors (Lipinski definition) is 0. The lowest BCUT2D eigenvalue weighted by Crippen LogP contribution is -2.41. The second-order valence-corrected chi connectivity index (χ2v) is 9.34. The fourth-order valence-electron chi connectivity index (χ4n) is 3.80. The fraction of sp³-hybridized carbons (Fsp3) is 0.240. The minimum atomic E-state index is -0.490. The summed E-state index contributed by atoms with van der Waals surface area (Å²) >= 11 is 7.35. The molecule has 1 aromatic carbocycles. The number of hydrogen-bond acceptors (Lipinski definition) is 6. The Hall–Kier alpha value is -3.81. The van der Waals surface area contributed by atoms with Crippen LogP contribution in [0, 0.1) is 31.0 Å². The summed E-state index contributed by atoms with van der Waals surface area (Å²) in [4.78, 5) is 37.7. The van der Waals surface area contributed by atoms with Crippen LogP contribution in [0.1, 0.15) is 33.3 Å². The highest BCUT2D eigenvalue weighted by Gasteiger charge is 2.29. The number of aldehydes is 1. The van der Waals surface area contributed by atoms with E-state index in [0.717, 1.165) is 17.2 Å². The lowest BCUT2D eigenvalue weighted by atomic mass is 10.1. The van der Waals surface area contributed by atoms with E-state index in [1.165, 1.54) is 34.2 Å². The van der Waals surface area contributed by atoms with Crippen LogP contribution in [-0.4, -0.2) is 47.1 Å². The topological polar surface area (TPSA) is 94.6 Å². The predicted molar refractivity (Wildman–Crippen MR) is 141 cm³/mol. The number of aryl methyl sites for hydroxylation is 2. The quantitative estimate of drug-likeness (QED) is 0.272.